The molecule has 5 rings (SSSR count). The van der Waals surface area contributed by atoms with Crippen molar-refractivity contribution in [1.29, 1.82) is 0 Å². The molecule has 1 unspecified atom stereocenters. The third-order valence-corrected chi connectivity index (χ3v) is 6.43. The van der Waals surface area contributed by atoms with E-state index in [4.69, 9.17) is 21.3 Å². The lowest BCUT2D eigenvalue weighted by atomic mass is 10.1. The highest BCUT2D eigenvalue weighted by atomic mass is 35.5. The second-order valence-electron chi connectivity index (χ2n) is 8.39. The lowest BCUT2D eigenvalue weighted by Gasteiger charge is -2.40. The Morgan fingerprint density at radius 2 is 1.94 bits per heavy atom. The van der Waals surface area contributed by atoms with Crippen LogP contribution in [0, 0.1) is 6.92 Å². The van der Waals surface area contributed by atoms with Crippen LogP contribution in [0.2, 0.25) is 5.02 Å². The zero-order chi connectivity index (χ0) is 23.1. The Bertz CT molecular complexity index is 1340. The molecule has 1 aliphatic rings. The van der Waals surface area contributed by atoms with E-state index in [1.807, 2.05) is 58.7 Å². The maximum atomic E-state index is 13.0. The van der Waals surface area contributed by atoms with Gasteiger partial charge in [-0.25, -0.2) is 9.38 Å². The molecule has 1 fully saturated rings. The van der Waals surface area contributed by atoms with Crippen LogP contribution < -0.4 is 9.64 Å². The third-order valence-electron chi connectivity index (χ3n) is 6.19. The summed E-state index contributed by atoms with van der Waals surface area (Å²) in [4.78, 5) is 22.1. The van der Waals surface area contributed by atoms with Crippen molar-refractivity contribution < 1.29 is 9.53 Å². The summed E-state index contributed by atoms with van der Waals surface area (Å²) < 4.78 is 7.19. The number of fused-ring (bicyclic) bond motifs is 3. The van der Waals surface area contributed by atoms with E-state index in [0.717, 1.165) is 39.6 Å². The number of nitrogens with zero attached hydrogens (tertiary/aromatic N) is 6. The summed E-state index contributed by atoms with van der Waals surface area (Å²) in [5, 5.41) is 10.2. The highest BCUT2D eigenvalue weighted by molar-refractivity contribution is 6.31. The number of benzene rings is 2. The summed E-state index contributed by atoms with van der Waals surface area (Å²) in [6.07, 6.45) is 0.371. The second kappa shape index (κ2) is 8.51. The number of hydrogen-bond acceptors (Lipinski definition) is 6. The Morgan fingerprint density at radius 3 is 2.67 bits per heavy atom. The van der Waals surface area contributed by atoms with Gasteiger partial charge in [-0.3, -0.25) is 4.79 Å². The number of amides is 1. The van der Waals surface area contributed by atoms with E-state index in [1.165, 1.54) is 0 Å². The van der Waals surface area contributed by atoms with E-state index in [1.54, 1.807) is 7.11 Å². The lowest BCUT2D eigenvalue weighted by Crippen LogP contribution is -2.55. The van der Waals surface area contributed by atoms with Crippen LogP contribution in [0.25, 0.3) is 16.6 Å². The summed E-state index contributed by atoms with van der Waals surface area (Å²) in [6, 6.07) is 13.3. The first kappa shape index (κ1) is 21.5. The average Bonchev–Trinajstić information content (AvgIpc) is 3.20. The summed E-state index contributed by atoms with van der Waals surface area (Å²) in [5.74, 6) is 2.45. The van der Waals surface area contributed by atoms with Gasteiger partial charge in [0.05, 0.1) is 19.0 Å². The first-order valence-corrected chi connectivity index (χ1v) is 11.3. The van der Waals surface area contributed by atoms with Crippen LogP contribution in [0.1, 0.15) is 18.3 Å². The third kappa shape index (κ3) is 3.95. The van der Waals surface area contributed by atoms with Crippen molar-refractivity contribution >= 4 is 40.0 Å². The van der Waals surface area contributed by atoms with Crippen molar-refractivity contribution in [3.05, 3.63) is 58.9 Å². The maximum Gasteiger partial charge on any atom is 0.227 e. The van der Waals surface area contributed by atoms with Gasteiger partial charge in [0, 0.05) is 36.1 Å². The van der Waals surface area contributed by atoms with E-state index >= 15 is 0 Å². The molecule has 0 bridgehead atoms. The Kier molecular flexibility index (Phi) is 5.54. The van der Waals surface area contributed by atoms with Gasteiger partial charge in [0.1, 0.15) is 11.6 Å². The zero-order valence-corrected chi connectivity index (χ0v) is 19.6. The van der Waals surface area contributed by atoms with E-state index in [-0.39, 0.29) is 11.9 Å². The molecular weight excluding hydrogens is 440 g/mol. The summed E-state index contributed by atoms with van der Waals surface area (Å²) in [6.45, 7) is 5.95. The maximum absolute atomic E-state index is 13.0. The Balaban J connectivity index is 1.39. The van der Waals surface area contributed by atoms with Crippen LogP contribution in [0.4, 0.5) is 5.95 Å². The molecule has 0 saturated carbocycles. The minimum Gasteiger partial charge on any atom is -0.497 e. The SMILES string of the molecule is COc1ccc(CC(=O)N2CCN(c3nc4cc(Cl)ccc4c4nnc(C)n34)CC2C)cc1. The molecule has 2 aromatic heterocycles. The molecule has 1 amide bonds. The summed E-state index contributed by atoms with van der Waals surface area (Å²) >= 11 is 6.23. The number of carbonyl (C=O) groups excluding carboxylic acids is 1. The molecule has 1 saturated heterocycles. The molecule has 0 radical (unpaired) electrons. The van der Waals surface area contributed by atoms with Crippen LogP contribution in [-0.2, 0) is 11.2 Å². The lowest BCUT2D eigenvalue weighted by molar-refractivity contribution is -0.132. The largest absolute Gasteiger partial charge is 0.497 e. The Labute approximate surface area is 196 Å². The first-order chi connectivity index (χ1) is 15.9. The number of aryl methyl sites for hydroxylation is 1. The minimum atomic E-state index is 0.0354. The molecule has 0 spiro atoms. The molecule has 1 aliphatic heterocycles. The number of ether oxygens (including phenoxy) is 1. The first-order valence-electron chi connectivity index (χ1n) is 10.9. The fourth-order valence-corrected chi connectivity index (χ4v) is 4.63. The quantitative estimate of drug-likeness (QED) is 0.460. The summed E-state index contributed by atoms with van der Waals surface area (Å²) in [7, 11) is 1.63. The van der Waals surface area contributed by atoms with E-state index < -0.39 is 0 Å². The van der Waals surface area contributed by atoms with Crippen LogP contribution in [0.15, 0.2) is 42.5 Å². The van der Waals surface area contributed by atoms with E-state index in [2.05, 4.69) is 22.0 Å². The number of methoxy groups -OCH3 is 1. The van der Waals surface area contributed by atoms with Gasteiger partial charge in [-0.2, -0.15) is 0 Å². The van der Waals surface area contributed by atoms with Crippen molar-refractivity contribution in [3.63, 3.8) is 0 Å². The fourth-order valence-electron chi connectivity index (χ4n) is 4.46. The fraction of sp³-hybridized carbons (Fsp3) is 0.333. The number of halogens is 1. The van der Waals surface area contributed by atoms with Crippen molar-refractivity contribution in [1.82, 2.24) is 24.5 Å². The van der Waals surface area contributed by atoms with Crippen molar-refractivity contribution in [2.75, 3.05) is 31.6 Å². The van der Waals surface area contributed by atoms with Crippen LogP contribution in [0.3, 0.4) is 0 Å². The normalized spacial score (nSPS) is 16.5. The van der Waals surface area contributed by atoms with Crippen LogP contribution >= 0.6 is 11.6 Å². The number of aromatic nitrogens is 4. The number of hydrogen-bond donors (Lipinski definition) is 0. The van der Waals surface area contributed by atoms with Gasteiger partial charge in [-0.15, -0.1) is 10.2 Å². The topological polar surface area (TPSA) is 75.9 Å². The van der Waals surface area contributed by atoms with Gasteiger partial charge >= 0.3 is 0 Å². The second-order valence-corrected chi connectivity index (χ2v) is 8.82. The average molecular weight is 465 g/mol. The molecule has 33 heavy (non-hydrogen) atoms. The van der Waals surface area contributed by atoms with Gasteiger partial charge in [0.15, 0.2) is 5.65 Å². The predicted molar refractivity (Wildman–Crippen MR) is 128 cm³/mol. The van der Waals surface area contributed by atoms with Gasteiger partial charge in [-0.05, 0) is 49.7 Å². The van der Waals surface area contributed by atoms with Crippen molar-refractivity contribution in [3.8, 4) is 5.75 Å². The highest BCUT2D eigenvalue weighted by Gasteiger charge is 2.30. The molecule has 3 heterocycles. The molecule has 170 valence electrons. The number of piperazine rings is 1. The van der Waals surface area contributed by atoms with Gasteiger partial charge < -0.3 is 14.5 Å². The summed E-state index contributed by atoms with van der Waals surface area (Å²) in [5.41, 5.74) is 2.52. The Hall–Kier alpha value is -3.39. The van der Waals surface area contributed by atoms with Crippen LogP contribution in [0.5, 0.6) is 5.75 Å². The molecule has 0 aliphatic carbocycles. The number of carbonyl (C=O) groups is 1. The standard InChI is InChI=1S/C24H25ClN6O2/c1-15-14-29(10-11-30(15)22(32)12-17-4-7-19(33-3)8-5-17)24-26-21-13-18(25)6-9-20(21)23-28-27-16(2)31(23)24/h4-9,13,15H,10-12,14H2,1-3H3. The smallest absolute Gasteiger partial charge is 0.227 e. The van der Waals surface area contributed by atoms with Crippen LogP contribution in [-0.4, -0.2) is 63.2 Å². The van der Waals surface area contributed by atoms with E-state index in [0.29, 0.717) is 31.1 Å². The number of anilines is 1. The minimum absolute atomic E-state index is 0.0354. The molecule has 1 atom stereocenters. The molecule has 4 aromatic rings. The van der Waals surface area contributed by atoms with Crippen molar-refractivity contribution in [2.24, 2.45) is 0 Å². The van der Waals surface area contributed by atoms with Gasteiger partial charge in [0.25, 0.3) is 0 Å². The van der Waals surface area contributed by atoms with Crippen molar-refractivity contribution in [2.45, 2.75) is 26.3 Å². The molecule has 0 N–H and O–H groups in total. The molecule has 2 aromatic carbocycles. The molecule has 9 heteroatoms. The number of rotatable bonds is 4. The highest BCUT2D eigenvalue weighted by Crippen LogP contribution is 2.27. The van der Waals surface area contributed by atoms with Gasteiger partial charge in [0.2, 0.25) is 11.9 Å². The molecular formula is C24H25ClN6O2. The van der Waals surface area contributed by atoms with E-state index in [9.17, 15) is 4.79 Å². The zero-order valence-electron chi connectivity index (χ0n) is 18.8. The monoisotopic (exact) mass is 464 g/mol. The van der Waals surface area contributed by atoms with Gasteiger partial charge in [-0.1, -0.05) is 23.7 Å². The molecule has 8 nitrogen and oxygen atoms in total. The predicted octanol–water partition coefficient (Wildman–Crippen LogP) is 3.53. The Morgan fingerprint density at radius 1 is 1.15 bits per heavy atom.